The average Bonchev–Trinajstić information content (AvgIpc) is 2.63. The predicted octanol–water partition coefficient (Wildman–Crippen LogP) is 1.60. The number of aldehydes is 1. The highest BCUT2D eigenvalue weighted by Crippen LogP contribution is 2.29. The molecule has 0 amide bonds. The van der Waals surface area contributed by atoms with Gasteiger partial charge in [0.15, 0.2) is 12.1 Å². The summed E-state index contributed by atoms with van der Waals surface area (Å²) in [6.07, 6.45) is 5.34. The van der Waals surface area contributed by atoms with E-state index < -0.39 is 11.9 Å². The summed E-state index contributed by atoms with van der Waals surface area (Å²) in [4.78, 5) is 21.7. The normalized spacial score (nSPS) is 26.4. The Kier molecular flexibility index (Phi) is 5.50. The van der Waals surface area contributed by atoms with E-state index in [0.29, 0.717) is 19.3 Å². The van der Waals surface area contributed by atoms with Gasteiger partial charge in [-0.15, -0.1) is 0 Å². The lowest BCUT2D eigenvalue weighted by atomic mass is 10.1. The molecule has 0 saturated carbocycles. The van der Waals surface area contributed by atoms with Crippen molar-refractivity contribution in [3.63, 3.8) is 0 Å². The second kappa shape index (κ2) is 6.66. The van der Waals surface area contributed by atoms with Crippen molar-refractivity contribution in [1.29, 1.82) is 0 Å². The number of esters is 1. The molecule has 18 heavy (non-hydrogen) atoms. The lowest BCUT2D eigenvalue weighted by Gasteiger charge is -2.16. The Labute approximate surface area is 107 Å². The molecule has 1 aliphatic rings. The molecule has 1 aliphatic heterocycles. The molecule has 102 valence electrons. The third-order valence-corrected chi connectivity index (χ3v) is 2.63. The van der Waals surface area contributed by atoms with Crippen LogP contribution in [0.3, 0.4) is 0 Å². The van der Waals surface area contributed by atoms with Gasteiger partial charge in [0.25, 0.3) is 0 Å². The lowest BCUT2D eigenvalue weighted by molar-refractivity contribution is -0.149. The van der Waals surface area contributed by atoms with Crippen molar-refractivity contribution in [2.45, 2.75) is 51.1 Å². The number of carbonyl (C=O) groups is 2. The van der Waals surface area contributed by atoms with E-state index in [1.54, 1.807) is 13.8 Å². The van der Waals surface area contributed by atoms with E-state index in [4.69, 9.17) is 9.47 Å². The van der Waals surface area contributed by atoms with E-state index in [9.17, 15) is 9.59 Å². The van der Waals surface area contributed by atoms with E-state index in [0.717, 1.165) is 6.29 Å². The van der Waals surface area contributed by atoms with Crippen molar-refractivity contribution in [2.24, 2.45) is 0 Å². The molecule has 2 atom stereocenters. The largest absolute Gasteiger partial charge is 0.469 e. The van der Waals surface area contributed by atoms with Gasteiger partial charge in [-0.25, -0.2) is 0 Å². The van der Waals surface area contributed by atoms with Crippen LogP contribution in [0.5, 0.6) is 0 Å². The minimum atomic E-state index is -0.712. The molecule has 0 aromatic heterocycles. The lowest BCUT2D eigenvalue weighted by Crippen LogP contribution is -2.23. The van der Waals surface area contributed by atoms with Crippen LogP contribution in [-0.2, 0) is 23.8 Å². The van der Waals surface area contributed by atoms with Crippen LogP contribution in [-0.4, -0.2) is 37.4 Å². The number of carbonyl (C=O) groups excluding carboxylic acids is 2. The summed E-state index contributed by atoms with van der Waals surface area (Å²) < 4.78 is 15.6. The first-order valence-electron chi connectivity index (χ1n) is 6.01. The van der Waals surface area contributed by atoms with Gasteiger partial charge >= 0.3 is 5.97 Å². The van der Waals surface area contributed by atoms with Crippen LogP contribution < -0.4 is 0 Å². The first kappa shape index (κ1) is 14.9. The summed E-state index contributed by atoms with van der Waals surface area (Å²) in [5.41, 5.74) is 0. The van der Waals surface area contributed by atoms with E-state index in [1.807, 2.05) is 12.2 Å². The summed E-state index contributed by atoms with van der Waals surface area (Å²) in [5, 5.41) is 0. The predicted molar refractivity (Wildman–Crippen MR) is 64.9 cm³/mol. The molecule has 1 rings (SSSR count). The Morgan fingerprint density at radius 1 is 1.33 bits per heavy atom. The van der Waals surface area contributed by atoms with E-state index in [-0.39, 0.29) is 12.1 Å². The average molecular weight is 256 g/mol. The van der Waals surface area contributed by atoms with E-state index in [1.165, 1.54) is 7.11 Å². The smallest absolute Gasteiger partial charge is 0.305 e. The fraction of sp³-hybridized carbons (Fsp3) is 0.692. The monoisotopic (exact) mass is 256 g/mol. The number of rotatable bonds is 6. The van der Waals surface area contributed by atoms with Gasteiger partial charge in [-0.3, -0.25) is 4.79 Å². The summed E-state index contributed by atoms with van der Waals surface area (Å²) in [7, 11) is 1.37. The molecular formula is C13H20O5. The number of allylic oxidation sites excluding steroid dienone is 1. The molecule has 0 aromatic carbocycles. The highest BCUT2D eigenvalue weighted by atomic mass is 16.8. The zero-order valence-electron chi connectivity index (χ0n) is 11.0. The molecule has 1 saturated heterocycles. The van der Waals surface area contributed by atoms with Crippen LogP contribution in [0.15, 0.2) is 12.2 Å². The maximum atomic E-state index is 10.9. The maximum absolute atomic E-state index is 10.9. The summed E-state index contributed by atoms with van der Waals surface area (Å²) >= 11 is 0. The number of hydrogen-bond acceptors (Lipinski definition) is 5. The molecule has 0 aromatic rings. The van der Waals surface area contributed by atoms with Crippen LogP contribution in [0.1, 0.15) is 33.1 Å². The Morgan fingerprint density at radius 2 is 2.06 bits per heavy atom. The minimum Gasteiger partial charge on any atom is -0.469 e. The Balaban J connectivity index is 2.32. The maximum Gasteiger partial charge on any atom is 0.305 e. The SMILES string of the molecule is COC(=O)CC/C=C\C[C@@H]1OC(C)(C)O[C@@H]1C=O. The van der Waals surface area contributed by atoms with E-state index in [2.05, 4.69) is 4.74 Å². The van der Waals surface area contributed by atoms with Crippen molar-refractivity contribution in [3.05, 3.63) is 12.2 Å². The molecule has 0 bridgehead atoms. The Morgan fingerprint density at radius 3 is 2.67 bits per heavy atom. The van der Waals surface area contributed by atoms with Gasteiger partial charge in [0.1, 0.15) is 6.10 Å². The van der Waals surface area contributed by atoms with Crippen LogP contribution in [0.4, 0.5) is 0 Å². The number of hydrogen-bond donors (Lipinski definition) is 0. The molecular weight excluding hydrogens is 236 g/mol. The van der Waals surface area contributed by atoms with Crippen LogP contribution in [0.2, 0.25) is 0 Å². The van der Waals surface area contributed by atoms with Gasteiger partial charge < -0.3 is 19.0 Å². The molecule has 0 N–H and O–H groups in total. The van der Waals surface area contributed by atoms with Gasteiger partial charge in [-0.2, -0.15) is 0 Å². The van der Waals surface area contributed by atoms with Crippen LogP contribution in [0.25, 0.3) is 0 Å². The van der Waals surface area contributed by atoms with Gasteiger partial charge in [0, 0.05) is 6.42 Å². The fourth-order valence-electron chi connectivity index (χ4n) is 1.81. The van der Waals surface area contributed by atoms with Crippen molar-refractivity contribution >= 4 is 12.3 Å². The third-order valence-electron chi connectivity index (χ3n) is 2.63. The molecule has 0 aliphatic carbocycles. The highest BCUT2D eigenvalue weighted by molar-refractivity contribution is 5.69. The van der Waals surface area contributed by atoms with E-state index >= 15 is 0 Å². The van der Waals surface area contributed by atoms with Crippen molar-refractivity contribution < 1.29 is 23.8 Å². The van der Waals surface area contributed by atoms with Gasteiger partial charge in [0.05, 0.1) is 13.2 Å². The second-order valence-corrected chi connectivity index (χ2v) is 4.60. The molecule has 1 fully saturated rings. The summed E-state index contributed by atoms with van der Waals surface area (Å²) in [6, 6.07) is 0. The minimum absolute atomic E-state index is 0.230. The highest BCUT2D eigenvalue weighted by Gasteiger charge is 2.40. The molecule has 0 unspecified atom stereocenters. The van der Waals surface area contributed by atoms with Gasteiger partial charge in [-0.05, 0) is 26.7 Å². The van der Waals surface area contributed by atoms with Crippen molar-refractivity contribution in [3.8, 4) is 0 Å². The topological polar surface area (TPSA) is 61.8 Å². The zero-order chi connectivity index (χ0) is 13.6. The first-order chi connectivity index (χ1) is 8.48. The summed E-state index contributed by atoms with van der Waals surface area (Å²) in [6.45, 7) is 3.56. The third kappa shape index (κ3) is 4.58. The number of methoxy groups -OCH3 is 1. The quantitative estimate of drug-likeness (QED) is 0.410. The second-order valence-electron chi connectivity index (χ2n) is 4.60. The Bertz CT molecular complexity index is 321. The van der Waals surface area contributed by atoms with Crippen molar-refractivity contribution in [2.75, 3.05) is 7.11 Å². The van der Waals surface area contributed by atoms with Crippen LogP contribution in [0, 0.1) is 0 Å². The van der Waals surface area contributed by atoms with Crippen molar-refractivity contribution in [1.82, 2.24) is 0 Å². The molecule has 0 spiro atoms. The molecule has 1 heterocycles. The standard InChI is InChI=1S/C13H20O5/c1-13(2)17-10(11(9-14)18-13)7-5-4-6-8-12(15)16-3/h4-5,9-11H,6-8H2,1-3H3/b5-4-/t10-,11+/m0/s1. The van der Waals surface area contributed by atoms with Gasteiger partial charge in [-0.1, -0.05) is 12.2 Å². The summed E-state index contributed by atoms with van der Waals surface area (Å²) in [5.74, 6) is -0.942. The molecule has 5 nitrogen and oxygen atoms in total. The van der Waals surface area contributed by atoms with Crippen LogP contribution >= 0.6 is 0 Å². The number of ether oxygens (including phenoxy) is 3. The fourth-order valence-corrected chi connectivity index (χ4v) is 1.81. The Hall–Kier alpha value is -1.20. The molecule has 5 heteroatoms. The zero-order valence-corrected chi connectivity index (χ0v) is 11.0. The van der Waals surface area contributed by atoms with Gasteiger partial charge in [0.2, 0.25) is 0 Å². The molecule has 0 radical (unpaired) electrons. The first-order valence-corrected chi connectivity index (χ1v) is 6.01.